The first-order valence-corrected chi connectivity index (χ1v) is 8.99. The van der Waals surface area contributed by atoms with Crippen LogP contribution in [0.1, 0.15) is 37.7 Å². The maximum atomic E-state index is 12.4. The number of nitrogens with zero attached hydrogens (tertiary/aromatic N) is 1. The monoisotopic (exact) mass is 320 g/mol. The number of amides is 2. The Morgan fingerprint density at radius 1 is 1.32 bits per heavy atom. The molecule has 1 aromatic rings. The average Bonchev–Trinajstić information content (AvgIpc) is 2.98. The minimum Gasteiger partial charge on any atom is -0.369 e. The molecule has 1 saturated heterocycles. The van der Waals surface area contributed by atoms with E-state index in [1.165, 1.54) is 17.3 Å². The van der Waals surface area contributed by atoms with Crippen molar-refractivity contribution in [1.29, 1.82) is 0 Å². The molecule has 0 aromatic heterocycles. The largest absolute Gasteiger partial charge is 0.369 e. The molecule has 0 spiro atoms. The molecule has 2 atom stereocenters. The molecule has 0 radical (unpaired) electrons. The molecule has 1 fully saturated rings. The lowest BCUT2D eigenvalue weighted by molar-refractivity contribution is -0.129. The molecule has 1 aliphatic rings. The van der Waals surface area contributed by atoms with Gasteiger partial charge in [0.05, 0.1) is 11.5 Å². The summed E-state index contributed by atoms with van der Waals surface area (Å²) in [4.78, 5) is 25.2. The van der Waals surface area contributed by atoms with E-state index >= 15 is 0 Å². The quantitative estimate of drug-likeness (QED) is 0.839. The molecule has 4 nitrogen and oxygen atoms in total. The number of carbonyl (C=O) groups is 2. The second-order valence-electron chi connectivity index (χ2n) is 5.68. The molecule has 2 rings (SSSR count). The number of rotatable bonds is 7. The Hall–Kier alpha value is -1.49. The van der Waals surface area contributed by atoms with Crippen LogP contribution in [0.4, 0.5) is 0 Å². The molecule has 0 bridgehead atoms. The standard InChI is InChI=1S/C17H24N2O2S/c1-2-14(13-7-4-3-5-8-13)15-9-6-10-19(15)17(21)12-22-11-16(18)20/h3-5,7-8,14-15H,2,6,9-12H2,1H3,(H2,18,20)/t14-,15+/m0/s1. The fraction of sp³-hybridized carbons (Fsp3) is 0.529. The number of thioether (sulfide) groups is 1. The van der Waals surface area contributed by atoms with Gasteiger partial charge in [-0.2, -0.15) is 0 Å². The third-order valence-electron chi connectivity index (χ3n) is 4.22. The van der Waals surface area contributed by atoms with E-state index in [0.29, 0.717) is 11.7 Å². The van der Waals surface area contributed by atoms with Gasteiger partial charge in [0.25, 0.3) is 0 Å². The maximum Gasteiger partial charge on any atom is 0.232 e. The van der Waals surface area contributed by atoms with Gasteiger partial charge < -0.3 is 10.6 Å². The van der Waals surface area contributed by atoms with E-state index in [0.717, 1.165) is 25.8 Å². The van der Waals surface area contributed by atoms with Crippen LogP contribution in [0.5, 0.6) is 0 Å². The summed E-state index contributed by atoms with van der Waals surface area (Å²) in [6.07, 6.45) is 3.13. The van der Waals surface area contributed by atoms with E-state index in [4.69, 9.17) is 5.73 Å². The summed E-state index contributed by atoms with van der Waals surface area (Å²) in [6.45, 7) is 3.00. The molecule has 0 saturated carbocycles. The Kier molecular flexibility index (Phi) is 6.31. The van der Waals surface area contributed by atoms with Gasteiger partial charge >= 0.3 is 0 Å². The van der Waals surface area contributed by atoms with Crippen LogP contribution in [0.3, 0.4) is 0 Å². The number of hydrogen-bond acceptors (Lipinski definition) is 3. The van der Waals surface area contributed by atoms with E-state index in [2.05, 4.69) is 31.2 Å². The van der Waals surface area contributed by atoms with Crippen LogP contribution < -0.4 is 5.73 Å². The van der Waals surface area contributed by atoms with E-state index in [1.807, 2.05) is 11.0 Å². The molecule has 1 aromatic carbocycles. The first-order valence-electron chi connectivity index (χ1n) is 7.84. The highest BCUT2D eigenvalue weighted by Crippen LogP contribution is 2.33. The zero-order valence-corrected chi connectivity index (χ0v) is 13.8. The Morgan fingerprint density at radius 3 is 2.68 bits per heavy atom. The van der Waals surface area contributed by atoms with Crippen molar-refractivity contribution in [3.8, 4) is 0 Å². The van der Waals surface area contributed by atoms with E-state index < -0.39 is 0 Å². The number of likely N-dealkylation sites (tertiary alicyclic amines) is 1. The van der Waals surface area contributed by atoms with Crippen molar-refractivity contribution in [2.75, 3.05) is 18.1 Å². The first kappa shape index (κ1) is 16.9. The lowest BCUT2D eigenvalue weighted by atomic mass is 9.87. The van der Waals surface area contributed by atoms with E-state index in [-0.39, 0.29) is 23.6 Å². The topological polar surface area (TPSA) is 63.4 Å². The van der Waals surface area contributed by atoms with Gasteiger partial charge in [-0.1, -0.05) is 37.3 Å². The zero-order chi connectivity index (χ0) is 15.9. The number of primary amides is 1. The van der Waals surface area contributed by atoms with E-state index in [1.54, 1.807) is 0 Å². The molecule has 120 valence electrons. The Labute approximate surface area is 136 Å². The van der Waals surface area contributed by atoms with Crippen molar-refractivity contribution in [2.24, 2.45) is 5.73 Å². The summed E-state index contributed by atoms with van der Waals surface area (Å²) in [7, 11) is 0. The minimum atomic E-state index is -0.369. The van der Waals surface area contributed by atoms with Gasteiger partial charge in [-0.25, -0.2) is 0 Å². The third-order valence-corrected chi connectivity index (χ3v) is 5.16. The normalized spacial score (nSPS) is 19.1. The number of nitrogens with two attached hydrogens (primary N) is 1. The SMILES string of the molecule is CC[C@@H](c1ccccc1)[C@H]1CCCN1C(=O)CSCC(N)=O. The molecule has 2 N–H and O–H groups in total. The Morgan fingerprint density at radius 2 is 2.05 bits per heavy atom. The molecular formula is C17H24N2O2S. The third kappa shape index (κ3) is 4.26. The number of carbonyl (C=O) groups excluding carboxylic acids is 2. The van der Waals surface area contributed by atoms with Crippen LogP contribution in [0.25, 0.3) is 0 Å². The highest BCUT2D eigenvalue weighted by atomic mass is 32.2. The summed E-state index contributed by atoms with van der Waals surface area (Å²) in [5, 5.41) is 0. The fourth-order valence-corrected chi connectivity index (χ4v) is 3.92. The summed E-state index contributed by atoms with van der Waals surface area (Å²) >= 11 is 1.31. The lowest BCUT2D eigenvalue weighted by Crippen LogP contribution is -2.40. The van der Waals surface area contributed by atoms with Crippen LogP contribution in [0, 0.1) is 0 Å². The smallest absolute Gasteiger partial charge is 0.232 e. The lowest BCUT2D eigenvalue weighted by Gasteiger charge is -2.31. The molecule has 1 heterocycles. The van der Waals surface area contributed by atoms with Crippen LogP contribution >= 0.6 is 11.8 Å². The zero-order valence-electron chi connectivity index (χ0n) is 13.0. The van der Waals surface area contributed by atoms with Gasteiger partial charge in [0, 0.05) is 18.5 Å². The van der Waals surface area contributed by atoms with Gasteiger partial charge in [0.2, 0.25) is 11.8 Å². The van der Waals surface area contributed by atoms with Crippen LogP contribution in [-0.4, -0.2) is 40.8 Å². The minimum absolute atomic E-state index is 0.128. The Bertz CT molecular complexity index is 507. The molecule has 0 unspecified atom stereocenters. The van der Waals surface area contributed by atoms with Gasteiger partial charge in [0.1, 0.15) is 0 Å². The Balaban J connectivity index is 2.02. The number of benzene rings is 1. The molecule has 22 heavy (non-hydrogen) atoms. The van der Waals surface area contributed by atoms with E-state index in [9.17, 15) is 9.59 Å². The summed E-state index contributed by atoms with van der Waals surface area (Å²) in [6, 6.07) is 10.7. The van der Waals surface area contributed by atoms with Crippen molar-refractivity contribution in [2.45, 2.75) is 38.1 Å². The number of hydrogen-bond donors (Lipinski definition) is 1. The highest BCUT2D eigenvalue weighted by molar-refractivity contribution is 8.00. The van der Waals surface area contributed by atoms with Crippen LogP contribution in [0.2, 0.25) is 0 Å². The molecule has 0 aliphatic carbocycles. The van der Waals surface area contributed by atoms with Crippen molar-refractivity contribution < 1.29 is 9.59 Å². The molecule has 1 aliphatic heterocycles. The van der Waals surface area contributed by atoms with Crippen molar-refractivity contribution in [3.05, 3.63) is 35.9 Å². The second-order valence-corrected chi connectivity index (χ2v) is 6.67. The van der Waals surface area contributed by atoms with Crippen LogP contribution in [-0.2, 0) is 9.59 Å². The second kappa shape index (κ2) is 8.22. The van der Waals surface area contributed by atoms with Crippen molar-refractivity contribution in [3.63, 3.8) is 0 Å². The summed E-state index contributed by atoms with van der Waals surface area (Å²) in [5.41, 5.74) is 6.43. The van der Waals surface area contributed by atoms with Gasteiger partial charge in [-0.3, -0.25) is 9.59 Å². The van der Waals surface area contributed by atoms with Crippen molar-refractivity contribution >= 4 is 23.6 Å². The highest BCUT2D eigenvalue weighted by Gasteiger charge is 2.34. The predicted molar refractivity (Wildman–Crippen MR) is 90.7 cm³/mol. The van der Waals surface area contributed by atoms with Gasteiger partial charge in [-0.05, 0) is 24.8 Å². The molecule has 5 heteroatoms. The molecular weight excluding hydrogens is 296 g/mol. The molecule has 2 amide bonds. The average molecular weight is 320 g/mol. The predicted octanol–water partition coefficient (Wildman–Crippen LogP) is 2.39. The van der Waals surface area contributed by atoms with Gasteiger partial charge in [-0.15, -0.1) is 11.8 Å². The van der Waals surface area contributed by atoms with Gasteiger partial charge in [0.15, 0.2) is 0 Å². The summed E-state index contributed by atoms with van der Waals surface area (Å²) in [5.74, 6) is 0.688. The summed E-state index contributed by atoms with van der Waals surface area (Å²) < 4.78 is 0. The first-order chi connectivity index (χ1) is 10.6. The fourth-order valence-electron chi connectivity index (χ4n) is 3.27. The van der Waals surface area contributed by atoms with Crippen LogP contribution in [0.15, 0.2) is 30.3 Å². The maximum absolute atomic E-state index is 12.4. The van der Waals surface area contributed by atoms with Crippen molar-refractivity contribution in [1.82, 2.24) is 4.90 Å².